The summed E-state index contributed by atoms with van der Waals surface area (Å²) in [5.74, 6) is 2.36. The highest BCUT2D eigenvalue weighted by Crippen LogP contribution is 2.34. The molecule has 1 unspecified atom stereocenters. The molecular formula is C18H30ClNO. The highest BCUT2D eigenvalue weighted by molar-refractivity contribution is 5.85. The molecule has 2 nitrogen and oxygen atoms in total. The number of nitrogens with two attached hydrogens (primary N) is 1. The Morgan fingerprint density at radius 3 is 2.48 bits per heavy atom. The van der Waals surface area contributed by atoms with E-state index in [-0.39, 0.29) is 18.4 Å². The minimum absolute atomic E-state index is 0. The molecule has 1 fully saturated rings. The van der Waals surface area contributed by atoms with Crippen molar-refractivity contribution in [1.82, 2.24) is 0 Å². The molecule has 21 heavy (non-hydrogen) atoms. The van der Waals surface area contributed by atoms with Gasteiger partial charge >= 0.3 is 0 Å². The van der Waals surface area contributed by atoms with Gasteiger partial charge in [-0.1, -0.05) is 26.8 Å². The van der Waals surface area contributed by atoms with Crippen LogP contribution in [0.15, 0.2) is 12.1 Å². The van der Waals surface area contributed by atoms with Crippen LogP contribution in [0, 0.1) is 12.8 Å². The second-order valence-corrected chi connectivity index (χ2v) is 6.60. The molecule has 1 atom stereocenters. The Labute approximate surface area is 135 Å². The first-order chi connectivity index (χ1) is 9.51. The minimum atomic E-state index is 0. The van der Waals surface area contributed by atoms with Gasteiger partial charge < -0.3 is 10.5 Å². The number of hydrogen-bond acceptors (Lipinski definition) is 2. The monoisotopic (exact) mass is 311 g/mol. The van der Waals surface area contributed by atoms with Crippen LogP contribution in [0.3, 0.4) is 0 Å². The fourth-order valence-electron chi connectivity index (χ4n) is 2.46. The zero-order chi connectivity index (χ0) is 14.7. The molecule has 3 heteroatoms. The van der Waals surface area contributed by atoms with Gasteiger partial charge in [0.2, 0.25) is 0 Å². The minimum Gasteiger partial charge on any atom is -0.493 e. The molecular weight excluding hydrogens is 282 g/mol. The second-order valence-electron chi connectivity index (χ2n) is 6.60. The van der Waals surface area contributed by atoms with Gasteiger partial charge in [-0.2, -0.15) is 0 Å². The fraction of sp³-hybridized carbons (Fsp3) is 0.667. The molecule has 0 amide bonds. The molecule has 0 bridgehead atoms. The van der Waals surface area contributed by atoms with E-state index in [2.05, 4.69) is 39.8 Å². The van der Waals surface area contributed by atoms with Crippen LogP contribution >= 0.6 is 12.4 Å². The Kier molecular flexibility index (Phi) is 7.02. The number of aryl methyl sites for hydroxylation is 1. The van der Waals surface area contributed by atoms with Crippen molar-refractivity contribution in [2.45, 2.75) is 65.3 Å². The molecule has 0 radical (unpaired) electrons. The van der Waals surface area contributed by atoms with E-state index in [1.165, 1.54) is 29.5 Å². The molecule has 1 aliphatic rings. The van der Waals surface area contributed by atoms with E-state index in [1.54, 1.807) is 0 Å². The summed E-state index contributed by atoms with van der Waals surface area (Å²) in [4.78, 5) is 0. The molecule has 0 aliphatic heterocycles. The van der Waals surface area contributed by atoms with Gasteiger partial charge in [0.1, 0.15) is 5.75 Å². The molecule has 2 N–H and O–H groups in total. The maximum Gasteiger partial charge on any atom is 0.123 e. The number of halogens is 1. The van der Waals surface area contributed by atoms with Gasteiger partial charge in [0, 0.05) is 6.04 Å². The number of hydrogen-bond donors (Lipinski definition) is 1. The van der Waals surface area contributed by atoms with Gasteiger partial charge in [-0.3, -0.25) is 0 Å². The van der Waals surface area contributed by atoms with Crippen molar-refractivity contribution in [3.63, 3.8) is 0 Å². The van der Waals surface area contributed by atoms with E-state index in [0.29, 0.717) is 5.92 Å². The third-order valence-electron chi connectivity index (χ3n) is 4.27. The lowest BCUT2D eigenvalue weighted by atomic mass is 9.93. The summed E-state index contributed by atoms with van der Waals surface area (Å²) in [7, 11) is 0. The highest BCUT2D eigenvalue weighted by Gasteiger charge is 2.23. The third kappa shape index (κ3) is 5.19. The van der Waals surface area contributed by atoms with Gasteiger partial charge in [0.15, 0.2) is 0 Å². The van der Waals surface area contributed by atoms with E-state index in [0.717, 1.165) is 31.1 Å². The van der Waals surface area contributed by atoms with Crippen molar-refractivity contribution >= 4 is 12.4 Å². The van der Waals surface area contributed by atoms with E-state index in [9.17, 15) is 0 Å². The van der Waals surface area contributed by atoms with Crippen molar-refractivity contribution in [2.24, 2.45) is 11.7 Å². The summed E-state index contributed by atoms with van der Waals surface area (Å²) in [6, 6.07) is 4.79. The Hall–Kier alpha value is -0.730. The summed E-state index contributed by atoms with van der Waals surface area (Å²) in [6.45, 7) is 9.67. The van der Waals surface area contributed by atoms with Crippen LogP contribution in [-0.4, -0.2) is 12.6 Å². The van der Waals surface area contributed by atoms with Gasteiger partial charge in [-0.25, -0.2) is 0 Å². The van der Waals surface area contributed by atoms with Gasteiger partial charge in [0.05, 0.1) is 6.61 Å². The van der Waals surface area contributed by atoms with Crippen molar-refractivity contribution < 1.29 is 4.74 Å². The highest BCUT2D eigenvalue weighted by atomic mass is 35.5. The van der Waals surface area contributed by atoms with E-state index < -0.39 is 0 Å². The zero-order valence-electron chi connectivity index (χ0n) is 13.8. The van der Waals surface area contributed by atoms with Crippen LogP contribution in [0.4, 0.5) is 0 Å². The van der Waals surface area contributed by atoms with E-state index in [4.69, 9.17) is 10.5 Å². The molecule has 1 saturated carbocycles. The Morgan fingerprint density at radius 2 is 1.95 bits per heavy atom. The van der Waals surface area contributed by atoms with E-state index >= 15 is 0 Å². The summed E-state index contributed by atoms with van der Waals surface area (Å²) in [5, 5.41) is 0. The van der Waals surface area contributed by atoms with Gasteiger partial charge in [-0.15, -0.1) is 12.4 Å². The van der Waals surface area contributed by atoms with Crippen molar-refractivity contribution in [1.29, 1.82) is 0 Å². The SMILES string of the molecule is CCC(N)Cc1cc(C(C)C)c(OCC2CC2)cc1C.Cl. The average molecular weight is 312 g/mol. The summed E-state index contributed by atoms with van der Waals surface area (Å²) in [5.41, 5.74) is 10.1. The Balaban J connectivity index is 0.00000220. The predicted octanol–water partition coefficient (Wildman–Crippen LogP) is 4.61. The lowest BCUT2D eigenvalue weighted by molar-refractivity contribution is 0.295. The third-order valence-corrected chi connectivity index (χ3v) is 4.27. The van der Waals surface area contributed by atoms with Gasteiger partial charge in [0.25, 0.3) is 0 Å². The van der Waals surface area contributed by atoms with Crippen LogP contribution in [0.5, 0.6) is 5.75 Å². The normalized spacial score (nSPS) is 15.7. The van der Waals surface area contributed by atoms with Crippen molar-refractivity contribution in [2.75, 3.05) is 6.61 Å². The standard InChI is InChI=1S/C18H29NO.ClH/c1-5-16(19)9-15-10-17(12(2)3)18(8-13(15)4)20-11-14-6-7-14;/h8,10,12,14,16H,5-7,9,11,19H2,1-4H3;1H. The molecule has 0 spiro atoms. The molecule has 1 aromatic carbocycles. The maximum absolute atomic E-state index is 6.11. The lowest BCUT2D eigenvalue weighted by Gasteiger charge is -2.19. The van der Waals surface area contributed by atoms with Crippen molar-refractivity contribution in [3.8, 4) is 5.75 Å². The number of ether oxygens (including phenoxy) is 1. The lowest BCUT2D eigenvalue weighted by Crippen LogP contribution is -2.22. The molecule has 0 saturated heterocycles. The first-order valence-electron chi connectivity index (χ1n) is 8.03. The average Bonchev–Trinajstić information content (AvgIpc) is 3.22. The number of benzene rings is 1. The molecule has 0 heterocycles. The molecule has 0 aromatic heterocycles. The fourth-order valence-corrected chi connectivity index (χ4v) is 2.46. The van der Waals surface area contributed by atoms with Crippen LogP contribution < -0.4 is 10.5 Å². The van der Waals surface area contributed by atoms with Crippen LogP contribution in [-0.2, 0) is 6.42 Å². The zero-order valence-corrected chi connectivity index (χ0v) is 14.6. The Bertz CT molecular complexity index is 455. The quantitative estimate of drug-likeness (QED) is 0.798. The molecule has 120 valence electrons. The molecule has 1 aliphatic carbocycles. The van der Waals surface area contributed by atoms with Crippen LogP contribution in [0.25, 0.3) is 0 Å². The first kappa shape index (κ1) is 18.3. The molecule has 2 rings (SSSR count). The van der Waals surface area contributed by atoms with Crippen LogP contribution in [0.2, 0.25) is 0 Å². The summed E-state index contributed by atoms with van der Waals surface area (Å²) < 4.78 is 6.06. The van der Waals surface area contributed by atoms with Gasteiger partial charge in [-0.05, 0) is 67.2 Å². The van der Waals surface area contributed by atoms with Crippen molar-refractivity contribution in [3.05, 3.63) is 28.8 Å². The first-order valence-corrected chi connectivity index (χ1v) is 8.03. The smallest absolute Gasteiger partial charge is 0.123 e. The second kappa shape index (κ2) is 8.05. The largest absolute Gasteiger partial charge is 0.493 e. The maximum atomic E-state index is 6.11. The van der Waals surface area contributed by atoms with E-state index in [1.807, 2.05) is 0 Å². The Morgan fingerprint density at radius 1 is 1.29 bits per heavy atom. The predicted molar refractivity (Wildman–Crippen MR) is 92.7 cm³/mol. The number of rotatable bonds is 7. The topological polar surface area (TPSA) is 35.2 Å². The summed E-state index contributed by atoms with van der Waals surface area (Å²) in [6.07, 6.45) is 4.65. The van der Waals surface area contributed by atoms with Crippen LogP contribution in [0.1, 0.15) is 62.6 Å². The summed E-state index contributed by atoms with van der Waals surface area (Å²) >= 11 is 0. The molecule has 1 aromatic rings.